The first-order valence-electron chi connectivity index (χ1n) is 14.4. The molecular weight excluding hydrogens is 794 g/mol. The van der Waals surface area contributed by atoms with Gasteiger partial charge in [-0.25, -0.2) is 0 Å². The average Bonchev–Trinajstić information content (AvgIpc) is 3.11. The van der Waals surface area contributed by atoms with E-state index in [-0.39, 0.29) is 10.9 Å². The molecule has 0 saturated carbocycles. The molecule has 8 rings (SSSR count). The highest BCUT2D eigenvalue weighted by atomic mass is 35.5. The molecule has 8 aromatic rings. The van der Waals surface area contributed by atoms with Gasteiger partial charge in [0.25, 0.3) is 0 Å². The van der Waals surface area contributed by atoms with Gasteiger partial charge in [-0.3, -0.25) is 9.59 Å². The van der Waals surface area contributed by atoms with Gasteiger partial charge in [0.15, 0.2) is 10.9 Å². The summed E-state index contributed by atoms with van der Waals surface area (Å²) < 4.78 is 3.46. The van der Waals surface area contributed by atoms with E-state index in [1.165, 1.54) is 11.3 Å². The maximum absolute atomic E-state index is 12.7. The van der Waals surface area contributed by atoms with Gasteiger partial charge in [-0.05, 0) is 97.1 Å². The summed E-state index contributed by atoms with van der Waals surface area (Å²) in [5, 5.41) is 5.78. The standard InChI is InChI=1S/C19H10Cl2OS2.C13H6Cl2OS.C6H5ClS/c20-11-5-7-12(8-6-11)23-16-10-9-14-18(22)13-3-1-2-4-15(13)24-19(14)17(16)21;14-9-6-5-8-12(16)7-3-1-2-4-10(7)17-13(8)11(9)15;7-5-1-3-6(8)4-2-5/h1-10H;1-6H;1-4,8H. The van der Waals surface area contributed by atoms with E-state index in [2.05, 4.69) is 12.6 Å². The van der Waals surface area contributed by atoms with Crippen molar-refractivity contribution in [3.8, 4) is 0 Å². The number of thiol groups is 1. The van der Waals surface area contributed by atoms with Crippen molar-refractivity contribution in [2.24, 2.45) is 0 Å². The number of fused-ring (bicyclic) bond motifs is 4. The van der Waals surface area contributed by atoms with Crippen molar-refractivity contribution < 1.29 is 0 Å². The second kappa shape index (κ2) is 16.1. The number of hydrogen-bond donors (Lipinski definition) is 1. The maximum atomic E-state index is 12.7. The van der Waals surface area contributed by atoms with Crippen LogP contribution in [0.5, 0.6) is 0 Å². The van der Waals surface area contributed by atoms with Crippen LogP contribution in [-0.2, 0) is 0 Å². The molecule has 6 aromatic carbocycles. The largest absolute Gasteiger partial charge is 0.289 e. The van der Waals surface area contributed by atoms with E-state index in [9.17, 15) is 9.59 Å². The summed E-state index contributed by atoms with van der Waals surface area (Å²) >= 11 is 38.9. The van der Waals surface area contributed by atoms with Crippen LogP contribution in [0.2, 0.25) is 25.1 Å². The van der Waals surface area contributed by atoms with Crippen LogP contribution in [0.1, 0.15) is 0 Å². The fourth-order valence-electron chi connectivity index (χ4n) is 4.77. The molecule has 0 atom stereocenters. The minimum atomic E-state index is 0.00733. The predicted molar refractivity (Wildman–Crippen MR) is 221 cm³/mol. The van der Waals surface area contributed by atoms with Gasteiger partial charge in [0, 0.05) is 55.7 Å². The number of hydrogen-bond acceptors (Lipinski definition) is 6. The molecule has 0 aliphatic heterocycles. The SMILES string of the molecule is O=c1c2ccccc2sc2c(Cl)c(Cl)ccc12.O=c1c2ccccc2sc2c(Cl)c(Sc3ccc(Cl)cc3)ccc12.Sc1ccc(Cl)cc1. The molecule has 0 bridgehead atoms. The van der Waals surface area contributed by atoms with Crippen LogP contribution in [-0.4, -0.2) is 0 Å². The van der Waals surface area contributed by atoms with Gasteiger partial charge >= 0.3 is 0 Å². The Morgan fingerprint density at radius 2 is 0.959 bits per heavy atom. The predicted octanol–water partition coefficient (Wildman–Crippen LogP) is 14.2. The fraction of sp³-hybridized carbons (Fsp3) is 0. The first-order chi connectivity index (χ1) is 23.6. The van der Waals surface area contributed by atoms with Gasteiger partial charge in [0.05, 0.1) is 24.5 Å². The fourth-order valence-corrected chi connectivity index (χ4v) is 9.20. The number of benzene rings is 6. The van der Waals surface area contributed by atoms with Crippen LogP contribution < -0.4 is 10.9 Å². The molecule has 2 aromatic heterocycles. The first kappa shape index (κ1) is 36.1. The topological polar surface area (TPSA) is 34.1 Å². The summed E-state index contributed by atoms with van der Waals surface area (Å²) in [4.78, 5) is 27.8. The molecular formula is C38H21Cl5O2S4. The molecule has 0 saturated heterocycles. The van der Waals surface area contributed by atoms with Crippen molar-refractivity contribution in [1.82, 2.24) is 0 Å². The highest BCUT2D eigenvalue weighted by molar-refractivity contribution is 7.99. The van der Waals surface area contributed by atoms with Crippen LogP contribution in [0.4, 0.5) is 0 Å². The molecule has 2 heterocycles. The van der Waals surface area contributed by atoms with E-state index >= 15 is 0 Å². The monoisotopic (exact) mass is 812 g/mol. The van der Waals surface area contributed by atoms with Crippen molar-refractivity contribution in [2.45, 2.75) is 14.7 Å². The molecule has 0 N–H and O–H groups in total. The molecule has 49 heavy (non-hydrogen) atoms. The molecule has 0 radical (unpaired) electrons. The van der Waals surface area contributed by atoms with Gasteiger partial charge in [-0.2, -0.15) is 0 Å². The van der Waals surface area contributed by atoms with Crippen molar-refractivity contribution in [1.29, 1.82) is 0 Å². The molecule has 11 heteroatoms. The Kier molecular flexibility index (Phi) is 11.8. The maximum Gasteiger partial charge on any atom is 0.195 e. The van der Waals surface area contributed by atoms with Crippen molar-refractivity contribution in [3.63, 3.8) is 0 Å². The van der Waals surface area contributed by atoms with Crippen LogP contribution in [0.25, 0.3) is 40.3 Å². The Bertz CT molecular complexity index is 2570. The highest BCUT2D eigenvalue weighted by Crippen LogP contribution is 2.40. The van der Waals surface area contributed by atoms with Crippen molar-refractivity contribution in [3.05, 3.63) is 167 Å². The summed E-state index contributed by atoms with van der Waals surface area (Å²) in [6.45, 7) is 0. The Labute approximate surface area is 324 Å². The number of rotatable bonds is 2. The van der Waals surface area contributed by atoms with Gasteiger partial charge < -0.3 is 0 Å². The Morgan fingerprint density at radius 3 is 1.49 bits per heavy atom. The van der Waals surface area contributed by atoms with Crippen LogP contribution in [0, 0.1) is 0 Å². The van der Waals surface area contributed by atoms with E-state index in [1.54, 1.807) is 35.2 Å². The van der Waals surface area contributed by atoms with Crippen LogP contribution in [0.3, 0.4) is 0 Å². The Hall–Kier alpha value is -2.75. The minimum Gasteiger partial charge on any atom is -0.289 e. The smallest absolute Gasteiger partial charge is 0.195 e. The third-order valence-electron chi connectivity index (χ3n) is 7.16. The second-order valence-electron chi connectivity index (χ2n) is 10.4. The number of halogens is 5. The van der Waals surface area contributed by atoms with Gasteiger partial charge in [-0.15, -0.1) is 35.3 Å². The lowest BCUT2D eigenvalue weighted by atomic mass is 10.2. The summed E-state index contributed by atoms with van der Waals surface area (Å²) in [7, 11) is 0. The normalized spacial score (nSPS) is 10.9. The molecule has 0 unspecified atom stereocenters. The zero-order chi connectivity index (χ0) is 34.7. The molecule has 0 amide bonds. The molecule has 0 aliphatic rings. The lowest BCUT2D eigenvalue weighted by Gasteiger charge is -2.08. The molecule has 244 valence electrons. The summed E-state index contributed by atoms with van der Waals surface area (Å²) in [5.41, 5.74) is 0.0391. The molecule has 0 aliphatic carbocycles. The molecule has 0 fully saturated rings. The van der Waals surface area contributed by atoms with E-state index in [0.29, 0.717) is 30.9 Å². The van der Waals surface area contributed by atoms with Crippen LogP contribution >= 0.6 is 105 Å². The van der Waals surface area contributed by atoms with E-state index in [0.717, 1.165) is 49.3 Å². The Morgan fingerprint density at radius 1 is 0.490 bits per heavy atom. The van der Waals surface area contributed by atoms with Crippen molar-refractivity contribution in [2.75, 3.05) is 0 Å². The van der Waals surface area contributed by atoms with Gasteiger partial charge in [0.1, 0.15) is 0 Å². The second-order valence-corrected chi connectivity index (χ2v) is 16.2. The average molecular weight is 815 g/mol. The molecule has 2 nitrogen and oxygen atoms in total. The quantitative estimate of drug-likeness (QED) is 0.139. The summed E-state index contributed by atoms with van der Waals surface area (Å²) in [6, 6.07) is 37.2. The Balaban J connectivity index is 0.000000144. The third kappa shape index (κ3) is 8.26. The van der Waals surface area contributed by atoms with E-state index in [4.69, 9.17) is 58.0 Å². The first-order valence-corrected chi connectivity index (χ1v) is 19.2. The summed E-state index contributed by atoms with van der Waals surface area (Å²) in [5.74, 6) is 0. The van der Waals surface area contributed by atoms with Gasteiger partial charge in [-0.1, -0.05) is 94.0 Å². The minimum absolute atomic E-state index is 0.00733. The lowest BCUT2D eigenvalue weighted by molar-refractivity contribution is 1.42. The van der Waals surface area contributed by atoms with Gasteiger partial charge in [0.2, 0.25) is 0 Å². The summed E-state index contributed by atoms with van der Waals surface area (Å²) in [6.07, 6.45) is 0. The zero-order valence-corrected chi connectivity index (χ0v) is 32.0. The van der Waals surface area contributed by atoms with Crippen molar-refractivity contribution >= 4 is 145 Å². The van der Waals surface area contributed by atoms with Crippen LogP contribution in [0.15, 0.2) is 146 Å². The molecule has 0 spiro atoms. The highest BCUT2D eigenvalue weighted by Gasteiger charge is 2.13. The van der Waals surface area contributed by atoms with E-state index in [1.807, 2.05) is 109 Å². The third-order valence-corrected chi connectivity index (χ3v) is 13.0. The zero-order valence-electron chi connectivity index (χ0n) is 24.9. The lowest BCUT2D eigenvalue weighted by Crippen LogP contribution is -2.01. The van der Waals surface area contributed by atoms with E-state index < -0.39 is 0 Å².